The zero-order valence-electron chi connectivity index (χ0n) is 11.6. The predicted octanol–water partition coefficient (Wildman–Crippen LogP) is 1.58. The van der Waals surface area contributed by atoms with E-state index >= 15 is 0 Å². The Morgan fingerprint density at radius 2 is 1.35 bits per heavy atom. The Morgan fingerprint density at radius 1 is 1.00 bits per heavy atom. The van der Waals surface area contributed by atoms with Gasteiger partial charge in [0.05, 0.1) is 13.2 Å². The van der Waals surface area contributed by atoms with Crippen LogP contribution in [0.15, 0.2) is 11.8 Å². The van der Waals surface area contributed by atoms with E-state index in [2.05, 4.69) is 0 Å². The third-order valence-corrected chi connectivity index (χ3v) is 1.38. The van der Waals surface area contributed by atoms with Crippen molar-refractivity contribution in [1.82, 2.24) is 4.90 Å². The van der Waals surface area contributed by atoms with Crippen LogP contribution in [0.5, 0.6) is 0 Å². The van der Waals surface area contributed by atoms with Crippen molar-refractivity contribution in [3.63, 3.8) is 0 Å². The molecule has 0 rings (SSSR count). The highest BCUT2D eigenvalue weighted by Gasteiger charge is 2.21. The monoisotopic (exact) mass is 245 g/mol. The molecule has 0 aromatic carbocycles. The Balaban J connectivity index is 0. The van der Waals surface area contributed by atoms with E-state index in [0.717, 1.165) is 0 Å². The molecule has 0 N–H and O–H groups in total. The second kappa shape index (κ2) is 11.0. The summed E-state index contributed by atoms with van der Waals surface area (Å²) in [6, 6.07) is 0. The fraction of sp³-hybridized carbons (Fsp3) is 0.667. The fourth-order valence-electron chi connectivity index (χ4n) is 0.865. The maximum atomic E-state index is 11.4. The highest BCUT2D eigenvalue weighted by molar-refractivity contribution is 6.13. The van der Waals surface area contributed by atoms with E-state index in [1.807, 2.05) is 13.8 Å². The third kappa shape index (κ3) is 8.30. The number of rotatable bonds is 5. The molecule has 0 aromatic heterocycles. The summed E-state index contributed by atoms with van der Waals surface area (Å²) in [7, 11) is 3.41. The minimum absolute atomic E-state index is 0.0938. The number of ether oxygens (including phenoxy) is 2. The lowest BCUT2D eigenvalue weighted by Gasteiger charge is -2.10. The SMILES string of the molecule is CC.CCOC(=O)C(=CN(C)C)C(=O)OCC. The molecule has 17 heavy (non-hydrogen) atoms. The van der Waals surface area contributed by atoms with E-state index in [-0.39, 0.29) is 18.8 Å². The molecule has 0 fully saturated rings. The van der Waals surface area contributed by atoms with Crippen molar-refractivity contribution in [2.75, 3.05) is 27.3 Å². The van der Waals surface area contributed by atoms with Gasteiger partial charge in [0.2, 0.25) is 0 Å². The lowest BCUT2D eigenvalue weighted by molar-refractivity contribution is -0.146. The van der Waals surface area contributed by atoms with Gasteiger partial charge in [-0.3, -0.25) is 0 Å². The van der Waals surface area contributed by atoms with Gasteiger partial charge in [-0.2, -0.15) is 0 Å². The topological polar surface area (TPSA) is 55.8 Å². The van der Waals surface area contributed by atoms with Crippen molar-refractivity contribution in [1.29, 1.82) is 0 Å². The first-order valence-electron chi connectivity index (χ1n) is 5.75. The number of esters is 2. The molecule has 0 unspecified atom stereocenters. The molecule has 5 heteroatoms. The molecule has 0 aliphatic carbocycles. The van der Waals surface area contributed by atoms with Crippen LogP contribution >= 0.6 is 0 Å². The summed E-state index contributed by atoms with van der Waals surface area (Å²) in [6.07, 6.45) is 1.38. The fourth-order valence-corrected chi connectivity index (χ4v) is 0.865. The summed E-state index contributed by atoms with van der Waals surface area (Å²) in [5.41, 5.74) is -0.0938. The van der Waals surface area contributed by atoms with Gasteiger partial charge >= 0.3 is 11.9 Å². The van der Waals surface area contributed by atoms with Crippen LogP contribution in [-0.4, -0.2) is 44.1 Å². The molecule has 0 aromatic rings. The molecule has 0 saturated carbocycles. The molecule has 0 amide bonds. The Bertz CT molecular complexity index is 239. The van der Waals surface area contributed by atoms with E-state index in [1.54, 1.807) is 32.8 Å². The van der Waals surface area contributed by atoms with Gasteiger partial charge in [0.1, 0.15) is 0 Å². The first-order chi connectivity index (χ1) is 8.02. The van der Waals surface area contributed by atoms with E-state index in [4.69, 9.17) is 9.47 Å². The van der Waals surface area contributed by atoms with Crippen LogP contribution < -0.4 is 0 Å². The van der Waals surface area contributed by atoms with Crippen molar-refractivity contribution >= 4 is 11.9 Å². The summed E-state index contributed by atoms with van der Waals surface area (Å²) in [6.45, 7) is 7.80. The Morgan fingerprint density at radius 3 is 1.59 bits per heavy atom. The van der Waals surface area contributed by atoms with Crippen molar-refractivity contribution in [3.8, 4) is 0 Å². The second-order valence-electron chi connectivity index (χ2n) is 2.95. The Labute approximate surface area is 103 Å². The van der Waals surface area contributed by atoms with Crippen LogP contribution in [0.25, 0.3) is 0 Å². The van der Waals surface area contributed by atoms with Gasteiger partial charge in [-0.05, 0) is 13.8 Å². The number of carbonyl (C=O) groups is 2. The molecule has 0 bridgehead atoms. The van der Waals surface area contributed by atoms with Crippen LogP contribution in [0.3, 0.4) is 0 Å². The largest absolute Gasteiger partial charge is 0.462 e. The molecular formula is C12H23NO4. The number of carbonyl (C=O) groups excluding carboxylic acids is 2. The standard InChI is InChI=1S/C10H17NO4.C2H6/c1-5-14-9(12)8(7-11(3)4)10(13)15-6-2;1-2/h7H,5-6H2,1-4H3;1-2H3. The first-order valence-corrected chi connectivity index (χ1v) is 5.75. The Kier molecular flexibility index (Phi) is 11.5. The summed E-state index contributed by atoms with van der Waals surface area (Å²) in [4.78, 5) is 24.3. The molecule has 0 aliphatic heterocycles. The van der Waals surface area contributed by atoms with Crippen molar-refractivity contribution in [2.45, 2.75) is 27.7 Å². The lowest BCUT2D eigenvalue weighted by Crippen LogP contribution is -2.21. The minimum Gasteiger partial charge on any atom is -0.462 e. The van der Waals surface area contributed by atoms with Crippen LogP contribution in [-0.2, 0) is 19.1 Å². The maximum Gasteiger partial charge on any atom is 0.347 e. The Hall–Kier alpha value is -1.52. The zero-order chi connectivity index (χ0) is 13.8. The van der Waals surface area contributed by atoms with E-state index < -0.39 is 11.9 Å². The average molecular weight is 245 g/mol. The van der Waals surface area contributed by atoms with Gasteiger partial charge < -0.3 is 14.4 Å². The van der Waals surface area contributed by atoms with Crippen LogP contribution in [0.2, 0.25) is 0 Å². The van der Waals surface area contributed by atoms with Gasteiger partial charge in [-0.25, -0.2) is 9.59 Å². The quantitative estimate of drug-likeness (QED) is 0.318. The summed E-state index contributed by atoms with van der Waals surface area (Å²) in [5, 5.41) is 0. The van der Waals surface area contributed by atoms with Crippen molar-refractivity contribution in [2.24, 2.45) is 0 Å². The molecule has 0 atom stereocenters. The molecule has 0 heterocycles. The molecule has 100 valence electrons. The smallest absolute Gasteiger partial charge is 0.347 e. The third-order valence-electron chi connectivity index (χ3n) is 1.38. The summed E-state index contributed by atoms with van der Waals surface area (Å²) < 4.78 is 9.48. The highest BCUT2D eigenvalue weighted by Crippen LogP contribution is 2.03. The van der Waals surface area contributed by atoms with Gasteiger partial charge in [0, 0.05) is 20.3 Å². The van der Waals surface area contributed by atoms with Gasteiger partial charge in [0.25, 0.3) is 0 Å². The van der Waals surface area contributed by atoms with E-state index in [1.165, 1.54) is 6.20 Å². The number of hydrogen-bond acceptors (Lipinski definition) is 5. The van der Waals surface area contributed by atoms with Gasteiger partial charge in [-0.1, -0.05) is 13.8 Å². The molecule has 0 saturated heterocycles. The average Bonchev–Trinajstić information content (AvgIpc) is 2.29. The van der Waals surface area contributed by atoms with Crippen molar-refractivity contribution in [3.05, 3.63) is 11.8 Å². The summed E-state index contributed by atoms with van der Waals surface area (Å²) in [5.74, 6) is -1.32. The van der Waals surface area contributed by atoms with Crippen LogP contribution in [0.1, 0.15) is 27.7 Å². The zero-order valence-corrected chi connectivity index (χ0v) is 11.6. The van der Waals surface area contributed by atoms with Gasteiger partial charge in [-0.15, -0.1) is 0 Å². The highest BCUT2D eigenvalue weighted by atomic mass is 16.6. The summed E-state index contributed by atoms with van der Waals surface area (Å²) >= 11 is 0. The second-order valence-corrected chi connectivity index (χ2v) is 2.95. The number of nitrogens with zero attached hydrogens (tertiary/aromatic N) is 1. The van der Waals surface area contributed by atoms with Crippen LogP contribution in [0.4, 0.5) is 0 Å². The minimum atomic E-state index is -0.662. The number of hydrogen-bond donors (Lipinski definition) is 0. The van der Waals surface area contributed by atoms with E-state index in [9.17, 15) is 9.59 Å². The van der Waals surface area contributed by atoms with Gasteiger partial charge in [0.15, 0.2) is 5.57 Å². The predicted molar refractivity (Wildman–Crippen MR) is 66.4 cm³/mol. The lowest BCUT2D eigenvalue weighted by atomic mass is 10.3. The van der Waals surface area contributed by atoms with Crippen molar-refractivity contribution < 1.29 is 19.1 Å². The molecule has 5 nitrogen and oxygen atoms in total. The molecule has 0 radical (unpaired) electrons. The molecular weight excluding hydrogens is 222 g/mol. The molecule has 0 aliphatic rings. The maximum absolute atomic E-state index is 11.4. The van der Waals surface area contributed by atoms with E-state index in [0.29, 0.717) is 0 Å². The van der Waals surface area contributed by atoms with Crippen LogP contribution in [0, 0.1) is 0 Å². The molecule has 0 spiro atoms. The first kappa shape index (κ1) is 17.9. The normalized spacial score (nSPS) is 8.35.